The number of hydrogen-bond acceptors (Lipinski definition) is 3. The number of nitrogens with zero attached hydrogens (tertiary/aromatic N) is 1. The minimum atomic E-state index is -0.251. The molecule has 0 bridgehead atoms. The van der Waals surface area contributed by atoms with Gasteiger partial charge < -0.3 is 15.1 Å². The largest absolute Gasteiger partial charge is 0.504 e. The summed E-state index contributed by atoms with van der Waals surface area (Å²) in [7, 11) is 0. The maximum Gasteiger partial charge on any atom is 0.254 e. The van der Waals surface area contributed by atoms with Crippen LogP contribution in [0.1, 0.15) is 30.6 Å². The predicted octanol–water partition coefficient (Wildman–Crippen LogP) is 2.22. The van der Waals surface area contributed by atoms with Crippen molar-refractivity contribution in [2.75, 3.05) is 13.1 Å². The molecule has 2 atom stereocenters. The molecule has 0 aliphatic carbocycles. The van der Waals surface area contributed by atoms with Crippen LogP contribution in [-0.4, -0.2) is 34.1 Å². The zero-order valence-corrected chi connectivity index (χ0v) is 10.8. The first-order valence-corrected chi connectivity index (χ1v) is 6.28. The third kappa shape index (κ3) is 2.58. The van der Waals surface area contributed by atoms with Crippen LogP contribution in [0, 0.1) is 11.8 Å². The van der Waals surface area contributed by atoms with Crippen LogP contribution in [0.3, 0.4) is 0 Å². The van der Waals surface area contributed by atoms with E-state index in [1.54, 1.807) is 6.07 Å². The van der Waals surface area contributed by atoms with Gasteiger partial charge in [-0.05, 0) is 36.5 Å². The molecule has 1 aliphatic heterocycles. The molecule has 2 unspecified atom stereocenters. The van der Waals surface area contributed by atoms with Gasteiger partial charge in [-0.15, -0.1) is 0 Å². The summed E-state index contributed by atoms with van der Waals surface area (Å²) in [6.07, 6.45) is 1.14. The van der Waals surface area contributed by atoms with Crippen LogP contribution < -0.4 is 0 Å². The standard InChI is InChI=1S/C14H19NO3/c1-9-5-10(2)8-15(7-9)14(18)11-3-4-12(16)13(17)6-11/h3-4,6,9-10,16-17H,5,7-8H2,1-2H3. The van der Waals surface area contributed by atoms with Crippen molar-refractivity contribution in [2.45, 2.75) is 20.3 Å². The van der Waals surface area contributed by atoms with Gasteiger partial charge in [-0.1, -0.05) is 13.8 Å². The van der Waals surface area contributed by atoms with Crippen LogP contribution >= 0.6 is 0 Å². The van der Waals surface area contributed by atoms with Crippen molar-refractivity contribution in [3.63, 3.8) is 0 Å². The molecule has 1 fully saturated rings. The second kappa shape index (κ2) is 4.88. The Kier molecular flexibility index (Phi) is 3.45. The molecule has 2 N–H and O–H groups in total. The number of benzene rings is 1. The first-order chi connectivity index (χ1) is 8.47. The van der Waals surface area contributed by atoms with E-state index in [4.69, 9.17) is 0 Å². The minimum absolute atomic E-state index is 0.0799. The lowest BCUT2D eigenvalue weighted by atomic mass is 9.91. The molecule has 0 radical (unpaired) electrons. The van der Waals surface area contributed by atoms with Crippen molar-refractivity contribution in [2.24, 2.45) is 11.8 Å². The fraction of sp³-hybridized carbons (Fsp3) is 0.500. The molecule has 1 aromatic rings. The Bertz CT molecular complexity index is 448. The third-order valence-corrected chi connectivity index (χ3v) is 3.38. The Labute approximate surface area is 107 Å². The highest BCUT2D eigenvalue weighted by Crippen LogP contribution is 2.27. The van der Waals surface area contributed by atoms with Crippen molar-refractivity contribution in [1.82, 2.24) is 4.90 Å². The van der Waals surface area contributed by atoms with Crippen molar-refractivity contribution < 1.29 is 15.0 Å². The number of carbonyl (C=O) groups excluding carboxylic acids is 1. The van der Waals surface area contributed by atoms with Gasteiger partial charge in [0.25, 0.3) is 5.91 Å². The van der Waals surface area contributed by atoms with Gasteiger partial charge in [-0.3, -0.25) is 4.79 Å². The molecule has 1 aliphatic rings. The van der Waals surface area contributed by atoms with E-state index in [0.29, 0.717) is 17.4 Å². The Hall–Kier alpha value is -1.71. The molecule has 2 rings (SSSR count). The van der Waals surface area contributed by atoms with Gasteiger partial charge in [0.15, 0.2) is 11.5 Å². The monoisotopic (exact) mass is 249 g/mol. The van der Waals surface area contributed by atoms with Gasteiger partial charge in [0.05, 0.1) is 0 Å². The SMILES string of the molecule is CC1CC(C)CN(C(=O)c2ccc(O)c(O)c2)C1. The van der Waals surface area contributed by atoms with Gasteiger partial charge in [-0.25, -0.2) is 0 Å². The zero-order chi connectivity index (χ0) is 13.3. The maximum atomic E-state index is 12.3. The van der Waals surface area contributed by atoms with E-state index in [0.717, 1.165) is 19.5 Å². The summed E-state index contributed by atoms with van der Waals surface area (Å²) in [6.45, 7) is 5.80. The van der Waals surface area contributed by atoms with Crippen LogP contribution in [0.25, 0.3) is 0 Å². The molecule has 0 spiro atoms. The normalized spacial score (nSPS) is 24.0. The maximum absolute atomic E-state index is 12.3. The van der Waals surface area contributed by atoms with E-state index >= 15 is 0 Å². The fourth-order valence-electron chi connectivity index (χ4n) is 2.67. The summed E-state index contributed by atoms with van der Waals surface area (Å²) >= 11 is 0. The minimum Gasteiger partial charge on any atom is -0.504 e. The van der Waals surface area contributed by atoms with E-state index in [1.807, 2.05) is 4.90 Å². The summed E-state index contributed by atoms with van der Waals surface area (Å²) in [6, 6.07) is 4.21. The number of aromatic hydroxyl groups is 2. The van der Waals surface area contributed by atoms with Crippen molar-refractivity contribution >= 4 is 5.91 Å². The Morgan fingerprint density at radius 3 is 2.33 bits per heavy atom. The first-order valence-electron chi connectivity index (χ1n) is 6.28. The molecule has 1 saturated heterocycles. The predicted molar refractivity (Wildman–Crippen MR) is 68.6 cm³/mol. The lowest BCUT2D eigenvalue weighted by molar-refractivity contribution is 0.0622. The summed E-state index contributed by atoms with van der Waals surface area (Å²) in [5, 5.41) is 18.7. The van der Waals surface area contributed by atoms with E-state index in [-0.39, 0.29) is 17.4 Å². The Morgan fingerprint density at radius 2 is 1.78 bits per heavy atom. The highest BCUT2D eigenvalue weighted by atomic mass is 16.3. The van der Waals surface area contributed by atoms with Gasteiger partial charge in [0.2, 0.25) is 0 Å². The highest BCUT2D eigenvalue weighted by molar-refractivity contribution is 5.95. The second-order valence-corrected chi connectivity index (χ2v) is 5.36. The number of likely N-dealkylation sites (tertiary alicyclic amines) is 1. The number of amides is 1. The smallest absolute Gasteiger partial charge is 0.254 e. The number of phenols is 2. The van der Waals surface area contributed by atoms with Crippen LogP contribution in [-0.2, 0) is 0 Å². The summed E-state index contributed by atoms with van der Waals surface area (Å²) in [4.78, 5) is 14.1. The van der Waals surface area contributed by atoms with Crippen molar-refractivity contribution in [3.05, 3.63) is 23.8 Å². The van der Waals surface area contributed by atoms with Crippen LogP contribution in [0.5, 0.6) is 11.5 Å². The van der Waals surface area contributed by atoms with E-state index in [9.17, 15) is 15.0 Å². The van der Waals surface area contributed by atoms with Crippen molar-refractivity contribution in [1.29, 1.82) is 0 Å². The molecule has 0 aromatic heterocycles. The Balaban J connectivity index is 2.17. The zero-order valence-electron chi connectivity index (χ0n) is 10.8. The van der Waals surface area contributed by atoms with E-state index < -0.39 is 0 Å². The fourth-order valence-corrected chi connectivity index (χ4v) is 2.67. The topological polar surface area (TPSA) is 60.8 Å². The van der Waals surface area contributed by atoms with Crippen molar-refractivity contribution in [3.8, 4) is 11.5 Å². The number of carbonyl (C=O) groups is 1. The molecule has 4 heteroatoms. The number of phenolic OH excluding ortho intramolecular Hbond substituents is 2. The summed E-state index contributed by atoms with van der Waals surface area (Å²) < 4.78 is 0. The summed E-state index contributed by atoms with van der Waals surface area (Å²) in [5.41, 5.74) is 0.423. The van der Waals surface area contributed by atoms with Gasteiger partial charge in [0.1, 0.15) is 0 Å². The Morgan fingerprint density at radius 1 is 1.17 bits per heavy atom. The molecule has 1 heterocycles. The number of piperidine rings is 1. The second-order valence-electron chi connectivity index (χ2n) is 5.36. The van der Waals surface area contributed by atoms with Gasteiger partial charge >= 0.3 is 0 Å². The van der Waals surface area contributed by atoms with E-state index in [1.165, 1.54) is 12.1 Å². The van der Waals surface area contributed by atoms with Gasteiger partial charge in [-0.2, -0.15) is 0 Å². The molecular formula is C14H19NO3. The first kappa shape index (κ1) is 12.7. The van der Waals surface area contributed by atoms with Crippen LogP contribution in [0.15, 0.2) is 18.2 Å². The lowest BCUT2D eigenvalue weighted by Gasteiger charge is -2.35. The molecule has 0 saturated carbocycles. The quantitative estimate of drug-likeness (QED) is 0.750. The average molecular weight is 249 g/mol. The highest BCUT2D eigenvalue weighted by Gasteiger charge is 2.26. The molecule has 18 heavy (non-hydrogen) atoms. The van der Waals surface area contributed by atoms with Gasteiger partial charge in [0, 0.05) is 18.7 Å². The van der Waals surface area contributed by atoms with E-state index in [2.05, 4.69) is 13.8 Å². The number of rotatable bonds is 1. The molecule has 1 amide bonds. The third-order valence-electron chi connectivity index (χ3n) is 3.38. The lowest BCUT2D eigenvalue weighted by Crippen LogP contribution is -2.42. The molecule has 98 valence electrons. The van der Waals surface area contributed by atoms with Crippen LogP contribution in [0.2, 0.25) is 0 Å². The summed E-state index contributed by atoms with van der Waals surface area (Å²) in [5.74, 6) is 0.474. The number of hydrogen-bond donors (Lipinski definition) is 2. The van der Waals surface area contributed by atoms with Crippen LogP contribution in [0.4, 0.5) is 0 Å². The molecule has 1 aromatic carbocycles. The molecular weight excluding hydrogens is 230 g/mol. The average Bonchev–Trinajstić information content (AvgIpc) is 2.30. The molecule has 4 nitrogen and oxygen atoms in total.